The summed E-state index contributed by atoms with van der Waals surface area (Å²) in [4.78, 5) is 15.3. The van der Waals surface area contributed by atoms with Crippen molar-refractivity contribution in [2.45, 2.75) is 5.92 Å². The fraction of sp³-hybridized carbons (Fsp3) is 0.200. The second kappa shape index (κ2) is 5.01. The molecule has 0 aliphatic rings. The molecule has 0 amide bonds. The van der Waals surface area contributed by atoms with Crippen LogP contribution in [0.15, 0.2) is 35.5 Å². The third-order valence-electron chi connectivity index (χ3n) is 1.74. The molecule has 1 unspecified atom stereocenters. The van der Waals surface area contributed by atoms with Crippen LogP contribution < -0.4 is 0 Å². The van der Waals surface area contributed by atoms with Crippen LogP contribution in [0.5, 0.6) is 0 Å². The van der Waals surface area contributed by atoms with Gasteiger partial charge in [0.05, 0.1) is 6.21 Å². The van der Waals surface area contributed by atoms with E-state index in [4.69, 9.17) is 5.11 Å². The van der Waals surface area contributed by atoms with Gasteiger partial charge in [-0.25, -0.2) is 0 Å². The average Bonchev–Trinajstić information content (AvgIpc) is 2.19. The first-order valence-corrected chi connectivity index (χ1v) is 4.10. The van der Waals surface area contributed by atoms with Crippen molar-refractivity contribution in [1.82, 2.24) is 0 Å². The van der Waals surface area contributed by atoms with E-state index in [2.05, 4.69) is 9.99 Å². The summed E-state index contributed by atoms with van der Waals surface area (Å²) in [6, 6.07) is 8.87. The number of carboxylic acid groups (broad SMARTS) is 1. The highest BCUT2D eigenvalue weighted by Gasteiger charge is 2.16. The van der Waals surface area contributed by atoms with Crippen molar-refractivity contribution in [1.29, 1.82) is 0 Å². The molecule has 0 spiro atoms. The number of benzene rings is 1. The summed E-state index contributed by atoms with van der Waals surface area (Å²) >= 11 is 0. The number of carbonyl (C=O) groups is 1. The molecule has 0 fully saturated rings. The van der Waals surface area contributed by atoms with Crippen molar-refractivity contribution >= 4 is 12.2 Å². The lowest BCUT2D eigenvalue weighted by Gasteiger charge is -2.05. The maximum Gasteiger partial charge on any atom is 0.316 e. The van der Waals surface area contributed by atoms with Crippen LogP contribution in [0.2, 0.25) is 0 Å². The fourth-order valence-corrected chi connectivity index (χ4v) is 1.07. The average molecular weight is 193 g/mol. The summed E-state index contributed by atoms with van der Waals surface area (Å²) in [5.41, 5.74) is 0.681. The lowest BCUT2D eigenvalue weighted by atomic mass is 10.0. The molecule has 0 aliphatic heterocycles. The van der Waals surface area contributed by atoms with E-state index in [-0.39, 0.29) is 0 Å². The highest BCUT2D eigenvalue weighted by Crippen LogP contribution is 2.13. The lowest BCUT2D eigenvalue weighted by Crippen LogP contribution is -2.12. The van der Waals surface area contributed by atoms with E-state index in [0.717, 1.165) is 0 Å². The van der Waals surface area contributed by atoms with Crippen molar-refractivity contribution in [3.05, 3.63) is 35.9 Å². The number of hydrogen-bond donors (Lipinski definition) is 1. The molecule has 1 N–H and O–H groups in total. The number of carboxylic acids is 1. The predicted molar refractivity (Wildman–Crippen MR) is 52.3 cm³/mol. The minimum absolute atomic E-state index is 0.681. The van der Waals surface area contributed by atoms with Crippen molar-refractivity contribution in [3.63, 3.8) is 0 Å². The van der Waals surface area contributed by atoms with Crippen molar-refractivity contribution in [2.75, 3.05) is 7.11 Å². The standard InChI is InChI=1S/C10H11NO3/c1-14-11-7-9(10(12)13)8-5-3-2-4-6-8/h2-7,9H,1H3,(H,12,13). The Bertz CT molecular complexity index is 321. The van der Waals surface area contributed by atoms with E-state index < -0.39 is 11.9 Å². The molecule has 0 radical (unpaired) electrons. The molecule has 0 bridgehead atoms. The van der Waals surface area contributed by atoms with Crippen molar-refractivity contribution in [3.8, 4) is 0 Å². The van der Waals surface area contributed by atoms with E-state index in [1.165, 1.54) is 13.3 Å². The minimum atomic E-state index is -0.947. The third kappa shape index (κ3) is 2.58. The zero-order valence-corrected chi connectivity index (χ0v) is 7.75. The minimum Gasteiger partial charge on any atom is -0.481 e. The Morgan fingerprint density at radius 3 is 2.64 bits per heavy atom. The van der Waals surface area contributed by atoms with E-state index in [9.17, 15) is 4.79 Å². The van der Waals surface area contributed by atoms with Gasteiger partial charge in [-0.1, -0.05) is 35.5 Å². The summed E-state index contributed by atoms with van der Waals surface area (Å²) in [7, 11) is 1.38. The van der Waals surface area contributed by atoms with E-state index in [1.807, 2.05) is 6.07 Å². The molecule has 1 aromatic carbocycles. The van der Waals surface area contributed by atoms with Gasteiger partial charge in [0.2, 0.25) is 0 Å². The normalized spacial score (nSPS) is 12.6. The van der Waals surface area contributed by atoms with Crippen LogP contribution in [0.25, 0.3) is 0 Å². The highest BCUT2D eigenvalue weighted by molar-refractivity contribution is 5.94. The summed E-state index contributed by atoms with van der Waals surface area (Å²) in [5, 5.41) is 12.4. The second-order valence-electron chi connectivity index (χ2n) is 2.66. The Balaban J connectivity index is 2.89. The molecule has 14 heavy (non-hydrogen) atoms. The molecule has 0 saturated heterocycles. The summed E-state index contributed by atoms with van der Waals surface area (Å²) in [6.45, 7) is 0. The molecule has 1 rings (SSSR count). The maximum atomic E-state index is 10.9. The number of rotatable bonds is 4. The Kier molecular flexibility index (Phi) is 3.67. The molecule has 0 saturated carbocycles. The van der Waals surface area contributed by atoms with Gasteiger partial charge in [0, 0.05) is 0 Å². The first-order valence-electron chi connectivity index (χ1n) is 4.10. The van der Waals surface area contributed by atoms with Gasteiger partial charge in [-0.3, -0.25) is 4.79 Å². The van der Waals surface area contributed by atoms with Gasteiger partial charge in [0.25, 0.3) is 0 Å². The van der Waals surface area contributed by atoms with Crippen LogP contribution in [0.3, 0.4) is 0 Å². The van der Waals surface area contributed by atoms with E-state index in [1.54, 1.807) is 24.3 Å². The lowest BCUT2D eigenvalue weighted by molar-refractivity contribution is -0.137. The van der Waals surface area contributed by atoms with Gasteiger partial charge < -0.3 is 9.94 Å². The third-order valence-corrected chi connectivity index (χ3v) is 1.74. The van der Waals surface area contributed by atoms with Crippen molar-refractivity contribution < 1.29 is 14.7 Å². The topological polar surface area (TPSA) is 58.9 Å². The molecule has 1 aromatic rings. The first kappa shape index (κ1) is 10.2. The molecular formula is C10H11NO3. The number of oxime groups is 1. The smallest absolute Gasteiger partial charge is 0.316 e. The van der Waals surface area contributed by atoms with Gasteiger partial charge in [0.1, 0.15) is 13.0 Å². The first-order chi connectivity index (χ1) is 6.75. The summed E-state index contributed by atoms with van der Waals surface area (Å²) in [5.74, 6) is -1.70. The molecule has 0 heterocycles. The summed E-state index contributed by atoms with van der Waals surface area (Å²) < 4.78 is 0. The molecule has 1 atom stereocenters. The fourth-order valence-electron chi connectivity index (χ4n) is 1.07. The molecule has 4 heteroatoms. The molecule has 0 aromatic heterocycles. The number of aliphatic carboxylic acids is 1. The molecule has 0 aliphatic carbocycles. The summed E-state index contributed by atoms with van der Waals surface area (Å²) in [6.07, 6.45) is 1.26. The zero-order chi connectivity index (χ0) is 10.4. The number of nitrogens with zero attached hydrogens (tertiary/aromatic N) is 1. The van der Waals surface area contributed by atoms with Crippen LogP contribution in [0, 0.1) is 0 Å². The number of hydrogen-bond acceptors (Lipinski definition) is 3. The Labute approximate surface area is 81.8 Å². The highest BCUT2D eigenvalue weighted by atomic mass is 16.6. The Morgan fingerprint density at radius 1 is 1.50 bits per heavy atom. The van der Waals surface area contributed by atoms with Gasteiger partial charge in [-0.15, -0.1) is 0 Å². The predicted octanol–water partition coefficient (Wildman–Crippen LogP) is 1.49. The quantitative estimate of drug-likeness (QED) is 0.582. The van der Waals surface area contributed by atoms with E-state index in [0.29, 0.717) is 5.56 Å². The van der Waals surface area contributed by atoms with Crippen molar-refractivity contribution in [2.24, 2.45) is 5.16 Å². The molecule has 74 valence electrons. The maximum absolute atomic E-state index is 10.9. The van der Waals surface area contributed by atoms with Crippen LogP contribution in [0.1, 0.15) is 11.5 Å². The molecule has 4 nitrogen and oxygen atoms in total. The monoisotopic (exact) mass is 193 g/mol. The van der Waals surface area contributed by atoms with Gasteiger partial charge in [-0.2, -0.15) is 0 Å². The Hall–Kier alpha value is -1.84. The van der Waals surface area contributed by atoms with E-state index >= 15 is 0 Å². The zero-order valence-electron chi connectivity index (χ0n) is 7.75. The van der Waals surface area contributed by atoms with Gasteiger partial charge >= 0.3 is 5.97 Å². The van der Waals surface area contributed by atoms with Crippen LogP contribution in [0.4, 0.5) is 0 Å². The van der Waals surface area contributed by atoms with Gasteiger partial charge in [-0.05, 0) is 5.56 Å². The molecular weight excluding hydrogens is 182 g/mol. The van der Waals surface area contributed by atoms with Crippen LogP contribution >= 0.6 is 0 Å². The largest absolute Gasteiger partial charge is 0.481 e. The Morgan fingerprint density at radius 2 is 2.14 bits per heavy atom. The van der Waals surface area contributed by atoms with Gasteiger partial charge in [0.15, 0.2) is 0 Å². The SMILES string of the molecule is CON=CC(C(=O)O)c1ccccc1. The van der Waals surface area contributed by atoms with Crippen LogP contribution in [-0.2, 0) is 9.63 Å². The van der Waals surface area contributed by atoms with Crippen LogP contribution in [-0.4, -0.2) is 24.4 Å². The second-order valence-corrected chi connectivity index (χ2v) is 2.66.